The maximum Gasteiger partial charge on any atom is 0.376 e. The van der Waals surface area contributed by atoms with Crippen molar-refractivity contribution < 1.29 is 9.53 Å². The number of aromatic nitrogens is 2. The van der Waals surface area contributed by atoms with Gasteiger partial charge >= 0.3 is 5.97 Å². The number of carbonyl (C=O) groups is 1. The van der Waals surface area contributed by atoms with E-state index in [9.17, 15) is 4.79 Å². The summed E-state index contributed by atoms with van der Waals surface area (Å²) >= 11 is 0. The molecule has 1 aromatic heterocycles. The molecule has 2 rings (SSSR count). The maximum absolute atomic E-state index is 12.0. The predicted molar refractivity (Wildman–Crippen MR) is 120 cm³/mol. The second-order valence-electron chi connectivity index (χ2n) is 8.69. The molecule has 1 aliphatic rings. The van der Waals surface area contributed by atoms with Gasteiger partial charge in [0.15, 0.2) is 0 Å². The van der Waals surface area contributed by atoms with Crippen LogP contribution in [0.2, 0.25) is 0 Å². The second-order valence-corrected chi connectivity index (χ2v) is 8.69. The lowest BCUT2D eigenvalue weighted by Crippen LogP contribution is -2.19. The van der Waals surface area contributed by atoms with Crippen molar-refractivity contribution in [2.24, 2.45) is 5.41 Å². The minimum atomic E-state index is -0.449. The molecule has 1 heterocycles. The SMILES string of the molecule is CCCCCCOC(=O)c1ncc(C=C(C)C=CC2=C(C)CCCC2(C)C)cn1. The van der Waals surface area contributed by atoms with Gasteiger partial charge in [-0.15, -0.1) is 0 Å². The molecule has 0 radical (unpaired) electrons. The summed E-state index contributed by atoms with van der Waals surface area (Å²) in [7, 11) is 0. The minimum Gasteiger partial charge on any atom is -0.460 e. The summed E-state index contributed by atoms with van der Waals surface area (Å²) in [6, 6.07) is 0. The van der Waals surface area contributed by atoms with E-state index in [4.69, 9.17) is 4.74 Å². The fourth-order valence-electron chi connectivity index (χ4n) is 3.81. The lowest BCUT2D eigenvalue weighted by molar-refractivity contribution is 0.0483. The molecule has 1 aliphatic carbocycles. The molecule has 0 atom stereocenters. The molecule has 0 bridgehead atoms. The molecule has 4 heteroatoms. The van der Waals surface area contributed by atoms with E-state index >= 15 is 0 Å². The first-order chi connectivity index (χ1) is 13.8. The summed E-state index contributed by atoms with van der Waals surface area (Å²) < 4.78 is 5.24. The predicted octanol–water partition coefficient (Wildman–Crippen LogP) is 6.70. The summed E-state index contributed by atoms with van der Waals surface area (Å²) in [6.45, 7) is 11.5. The molecule has 0 amide bonds. The Balaban J connectivity index is 1.95. The Kier molecular flexibility index (Phi) is 8.81. The van der Waals surface area contributed by atoms with Crippen molar-refractivity contribution >= 4 is 12.0 Å². The molecule has 0 N–H and O–H groups in total. The molecule has 158 valence electrons. The number of allylic oxidation sites excluding steroid dienone is 5. The van der Waals surface area contributed by atoms with Gasteiger partial charge in [0.05, 0.1) is 6.61 Å². The van der Waals surface area contributed by atoms with E-state index in [1.165, 1.54) is 30.4 Å². The number of carbonyl (C=O) groups excluding carboxylic acids is 1. The molecule has 1 aromatic rings. The van der Waals surface area contributed by atoms with E-state index in [0.717, 1.165) is 36.8 Å². The van der Waals surface area contributed by atoms with Crippen LogP contribution in [-0.2, 0) is 4.74 Å². The highest BCUT2D eigenvalue weighted by molar-refractivity contribution is 5.85. The highest BCUT2D eigenvalue weighted by Crippen LogP contribution is 2.40. The zero-order valence-electron chi connectivity index (χ0n) is 18.8. The van der Waals surface area contributed by atoms with Gasteiger partial charge in [-0.2, -0.15) is 0 Å². The van der Waals surface area contributed by atoms with E-state index < -0.39 is 5.97 Å². The highest BCUT2D eigenvalue weighted by atomic mass is 16.5. The summed E-state index contributed by atoms with van der Waals surface area (Å²) in [5.41, 5.74) is 5.18. The highest BCUT2D eigenvalue weighted by Gasteiger charge is 2.26. The molecule has 0 saturated carbocycles. The summed E-state index contributed by atoms with van der Waals surface area (Å²) in [5, 5.41) is 0. The van der Waals surface area contributed by atoms with Crippen LogP contribution in [0.3, 0.4) is 0 Å². The Morgan fingerprint density at radius 2 is 1.93 bits per heavy atom. The van der Waals surface area contributed by atoms with Crippen LogP contribution in [0, 0.1) is 5.41 Å². The average Bonchev–Trinajstić information content (AvgIpc) is 2.67. The molecule has 0 unspecified atom stereocenters. The Labute approximate surface area is 176 Å². The van der Waals surface area contributed by atoms with Crippen molar-refractivity contribution in [3.05, 3.63) is 52.7 Å². The van der Waals surface area contributed by atoms with Crippen LogP contribution in [0.4, 0.5) is 0 Å². The second kappa shape index (κ2) is 11.1. The number of esters is 1. The van der Waals surface area contributed by atoms with Crippen molar-refractivity contribution in [1.82, 2.24) is 9.97 Å². The smallest absolute Gasteiger partial charge is 0.376 e. The Hall–Kier alpha value is -2.23. The largest absolute Gasteiger partial charge is 0.460 e. The van der Waals surface area contributed by atoms with Gasteiger partial charge in [-0.1, -0.05) is 63.3 Å². The Bertz CT molecular complexity index is 771. The van der Waals surface area contributed by atoms with E-state index in [1.807, 2.05) is 6.08 Å². The van der Waals surface area contributed by atoms with Crippen molar-refractivity contribution in [2.45, 2.75) is 79.6 Å². The fourth-order valence-corrected chi connectivity index (χ4v) is 3.81. The minimum absolute atomic E-state index is 0.121. The van der Waals surface area contributed by atoms with Gasteiger partial charge in [-0.05, 0) is 56.6 Å². The number of unbranched alkanes of at least 4 members (excludes halogenated alkanes) is 3. The monoisotopic (exact) mass is 396 g/mol. The molecule has 0 saturated heterocycles. The molecule has 4 nitrogen and oxygen atoms in total. The molecule has 0 aromatic carbocycles. The lowest BCUT2D eigenvalue weighted by Gasteiger charge is -2.32. The van der Waals surface area contributed by atoms with Gasteiger partial charge in [-0.25, -0.2) is 14.8 Å². The summed E-state index contributed by atoms with van der Waals surface area (Å²) in [6.07, 6.45) is 17.8. The van der Waals surface area contributed by atoms with Gasteiger partial charge in [0.25, 0.3) is 0 Å². The third-order valence-electron chi connectivity index (χ3n) is 5.54. The summed E-state index contributed by atoms with van der Waals surface area (Å²) in [5.74, 6) is -0.328. The van der Waals surface area contributed by atoms with Crippen LogP contribution in [0.25, 0.3) is 6.08 Å². The molecule has 0 spiro atoms. The van der Waals surface area contributed by atoms with E-state index in [2.05, 4.69) is 56.7 Å². The number of hydrogen-bond donors (Lipinski definition) is 0. The van der Waals surface area contributed by atoms with Gasteiger partial charge in [0, 0.05) is 18.0 Å². The first-order valence-electron chi connectivity index (χ1n) is 10.9. The van der Waals surface area contributed by atoms with E-state index in [0.29, 0.717) is 6.61 Å². The normalized spacial score (nSPS) is 17.1. The summed E-state index contributed by atoms with van der Waals surface area (Å²) in [4.78, 5) is 20.3. The third kappa shape index (κ3) is 7.26. The van der Waals surface area contributed by atoms with Crippen LogP contribution in [0.5, 0.6) is 0 Å². The lowest BCUT2D eigenvalue weighted by atomic mass is 9.72. The first kappa shape index (κ1) is 23.1. The van der Waals surface area contributed by atoms with E-state index in [1.54, 1.807) is 12.4 Å². The number of ether oxygens (including phenoxy) is 1. The first-order valence-corrected chi connectivity index (χ1v) is 10.9. The van der Waals surface area contributed by atoms with Gasteiger partial charge in [0.2, 0.25) is 5.82 Å². The maximum atomic E-state index is 12.0. The molecule has 29 heavy (non-hydrogen) atoms. The van der Waals surface area contributed by atoms with Crippen molar-refractivity contribution in [1.29, 1.82) is 0 Å². The third-order valence-corrected chi connectivity index (χ3v) is 5.54. The van der Waals surface area contributed by atoms with Gasteiger partial charge in [0.1, 0.15) is 0 Å². The van der Waals surface area contributed by atoms with Crippen LogP contribution in [0.15, 0.2) is 41.3 Å². The quantitative estimate of drug-likeness (QED) is 0.265. The number of hydrogen-bond acceptors (Lipinski definition) is 4. The number of nitrogens with zero attached hydrogens (tertiary/aromatic N) is 2. The Morgan fingerprint density at radius 1 is 1.21 bits per heavy atom. The van der Waals surface area contributed by atoms with Crippen LogP contribution < -0.4 is 0 Å². The zero-order valence-corrected chi connectivity index (χ0v) is 18.8. The average molecular weight is 397 g/mol. The fraction of sp³-hybridized carbons (Fsp3) is 0.560. The molecule has 0 fully saturated rings. The molecular formula is C25H36N2O2. The van der Waals surface area contributed by atoms with Crippen LogP contribution in [0.1, 0.15) is 95.7 Å². The van der Waals surface area contributed by atoms with E-state index in [-0.39, 0.29) is 11.2 Å². The topological polar surface area (TPSA) is 52.1 Å². The zero-order chi connectivity index (χ0) is 21.3. The number of rotatable bonds is 9. The standard InChI is InChI=1S/C25H36N2O2/c1-6-7-8-9-15-29-24(28)23-26-17-21(18-27-23)16-19(2)12-13-22-20(3)11-10-14-25(22,4)5/h12-13,16-18H,6-11,14-15H2,1-5H3. The van der Waals surface area contributed by atoms with Crippen molar-refractivity contribution in [2.75, 3.05) is 6.61 Å². The van der Waals surface area contributed by atoms with Gasteiger partial charge in [-0.3, -0.25) is 0 Å². The van der Waals surface area contributed by atoms with Crippen LogP contribution in [-0.4, -0.2) is 22.5 Å². The molecular weight excluding hydrogens is 360 g/mol. The Morgan fingerprint density at radius 3 is 2.59 bits per heavy atom. The van der Waals surface area contributed by atoms with Gasteiger partial charge < -0.3 is 4.74 Å². The van der Waals surface area contributed by atoms with Crippen LogP contribution >= 0.6 is 0 Å². The van der Waals surface area contributed by atoms with Crippen molar-refractivity contribution in [3.8, 4) is 0 Å². The van der Waals surface area contributed by atoms with Crippen molar-refractivity contribution in [3.63, 3.8) is 0 Å². The molecule has 0 aliphatic heterocycles.